The summed E-state index contributed by atoms with van der Waals surface area (Å²) in [6.07, 6.45) is 3.77. The summed E-state index contributed by atoms with van der Waals surface area (Å²) in [4.78, 5) is 19.7. The number of nitrogens with one attached hydrogen (secondary N) is 2. The number of hydrogen-bond donors (Lipinski definition) is 2. The lowest BCUT2D eigenvalue weighted by molar-refractivity contribution is 0.0926. The second kappa shape index (κ2) is 9.98. The number of ether oxygens (including phenoxy) is 2. The molecule has 1 fully saturated rings. The molecule has 3 aromatic rings. The second-order valence-electron chi connectivity index (χ2n) is 8.71. The highest BCUT2D eigenvalue weighted by Gasteiger charge is 2.24. The zero-order valence-electron chi connectivity index (χ0n) is 19.7. The fourth-order valence-electron chi connectivity index (χ4n) is 4.40. The Balaban J connectivity index is 1.37. The van der Waals surface area contributed by atoms with Crippen LogP contribution in [0.1, 0.15) is 36.0 Å². The highest BCUT2D eigenvalue weighted by molar-refractivity contribution is 5.95. The Hall–Kier alpha value is -3.48. The second-order valence-corrected chi connectivity index (χ2v) is 8.71. The van der Waals surface area contributed by atoms with Crippen LogP contribution in [0.3, 0.4) is 0 Å². The predicted molar refractivity (Wildman–Crippen MR) is 133 cm³/mol. The molecule has 0 aliphatic heterocycles. The SMILES string of the molecule is COc1cc(OC)cc(C(=O)NC2CCC(Nc3cc(N(C)C)c4ccccc4n3)CC2)c1. The summed E-state index contributed by atoms with van der Waals surface area (Å²) in [5.74, 6) is 2.00. The molecule has 1 heterocycles. The van der Waals surface area contributed by atoms with E-state index in [4.69, 9.17) is 14.5 Å². The maximum Gasteiger partial charge on any atom is 0.251 e. The molecule has 1 aromatic heterocycles. The lowest BCUT2D eigenvalue weighted by Gasteiger charge is -2.30. The van der Waals surface area contributed by atoms with Gasteiger partial charge in [0.2, 0.25) is 0 Å². The number of anilines is 2. The van der Waals surface area contributed by atoms with E-state index in [1.807, 2.05) is 18.2 Å². The Labute approximate surface area is 195 Å². The van der Waals surface area contributed by atoms with Gasteiger partial charge in [0.05, 0.1) is 19.7 Å². The molecule has 174 valence electrons. The van der Waals surface area contributed by atoms with Crippen molar-refractivity contribution in [2.45, 2.75) is 37.8 Å². The van der Waals surface area contributed by atoms with Gasteiger partial charge in [-0.25, -0.2) is 4.98 Å². The van der Waals surface area contributed by atoms with E-state index in [0.717, 1.165) is 48.1 Å². The highest BCUT2D eigenvalue weighted by Crippen LogP contribution is 2.29. The quantitative estimate of drug-likeness (QED) is 0.555. The summed E-state index contributed by atoms with van der Waals surface area (Å²) in [7, 11) is 7.27. The molecule has 1 aliphatic rings. The van der Waals surface area contributed by atoms with Crippen LogP contribution in [0.4, 0.5) is 11.5 Å². The molecular weight excluding hydrogens is 416 g/mol. The zero-order chi connectivity index (χ0) is 23.4. The van der Waals surface area contributed by atoms with E-state index in [1.165, 1.54) is 0 Å². The summed E-state index contributed by atoms with van der Waals surface area (Å²) < 4.78 is 10.6. The topological polar surface area (TPSA) is 75.7 Å². The summed E-state index contributed by atoms with van der Waals surface area (Å²) in [6, 6.07) is 16.0. The number of hydrogen-bond acceptors (Lipinski definition) is 6. The lowest BCUT2D eigenvalue weighted by atomic mass is 9.91. The first-order valence-electron chi connectivity index (χ1n) is 11.3. The minimum Gasteiger partial charge on any atom is -0.497 e. The van der Waals surface area contributed by atoms with Crippen molar-refractivity contribution >= 4 is 28.3 Å². The van der Waals surface area contributed by atoms with Crippen molar-refractivity contribution in [2.24, 2.45) is 0 Å². The molecule has 1 saturated carbocycles. The Morgan fingerprint density at radius 2 is 1.58 bits per heavy atom. The molecule has 0 saturated heterocycles. The molecule has 1 amide bonds. The fraction of sp³-hybridized carbons (Fsp3) is 0.385. The van der Waals surface area contributed by atoms with E-state index in [9.17, 15) is 4.79 Å². The Kier molecular flexibility index (Phi) is 6.87. The predicted octanol–water partition coefficient (Wildman–Crippen LogP) is 4.47. The number of carbonyl (C=O) groups excluding carboxylic acids is 1. The molecule has 0 atom stereocenters. The number of pyridine rings is 1. The zero-order valence-corrected chi connectivity index (χ0v) is 19.7. The Morgan fingerprint density at radius 3 is 2.21 bits per heavy atom. The number of amides is 1. The largest absolute Gasteiger partial charge is 0.497 e. The molecule has 7 heteroatoms. The van der Waals surface area contributed by atoms with Gasteiger partial charge in [-0.1, -0.05) is 18.2 Å². The van der Waals surface area contributed by atoms with E-state index in [1.54, 1.807) is 32.4 Å². The molecule has 33 heavy (non-hydrogen) atoms. The molecule has 0 unspecified atom stereocenters. The van der Waals surface area contributed by atoms with E-state index in [2.05, 4.69) is 41.8 Å². The van der Waals surface area contributed by atoms with Gasteiger partial charge in [0.15, 0.2) is 0 Å². The molecule has 2 aromatic carbocycles. The van der Waals surface area contributed by atoms with E-state index in [0.29, 0.717) is 23.1 Å². The standard InChI is InChI=1S/C26H32N4O3/c1-30(2)24-16-25(29-23-8-6-5-7-22(23)24)27-18-9-11-19(12-10-18)28-26(31)17-13-20(32-3)15-21(14-17)33-4/h5-8,13-16,18-19H,9-12H2,1-4H3,(H,27,29)(H,28,31). The number of para-hydroxylation sites is 1. The smallest absolute Gasteiger partial charge is 0.251 e. The van der Waals surface area contributed by atoms with Crippen molar-refractivity contribution in [3.8, 4) is 11.5 Å². The van der Waals surface area contributed by atoms with Gasteiger partial charge >= 0.3 is 0 Å². The molecule has 1 aliphatic carbocycles. The van der Waals surface area contributed by atoms with Crippen LogP contribution in [-0.2, 0) is 0 Å². The minimum absolute atomic E-state index is 0.101. The fourth-order valence-corrected chi connectivity index (χ4v) is 4.40. The van der Waals surface area contributed by atoms with Crippen molar-refractivity contribution in [3.63, 3.8) is 0 Å². The Bertz CT molecular complexity index is 1100. The number of methoxy groups -OCH3 is 2. The molecule has 2 N–H and O–H groups in total. The average molecular weight is 449 g/mol. The van der Waals surface area contributed by atoms with Gasteiger partial charge in [0.25, 0.3) is 5.91 Å². The number of aromatic nitrogens is 1. The van der Waals surface area contributed by atoms with Crippen LogP contribution < -0.4 is 25.0 Å². The first kappa shape index (κ1) is 22.7. The van der Waals surface area contributed by atoms with Gasteiger partial charge in [0, 0.05) is 54.9 Å². The first-order valence-corrected chi connectivity index (χ1v) is 11.3. The van der Waals surface area contributed by atoms with Gasteiger partial charge in [-0.2, -0.15) is 0 Å². The Morgan fingerprint density at radius 1 is 0.939 bits per heavy atom. The van der Waals surface area contributed by atoms with Crippen LogP contribution in [0.25, 0.3) is 10.9 Å². The van der Waals surface area contributed by atoms with Gasteiger partial charge < -0.3 is 25.0 Å². The number of benzene rings is 2. The maximum atomic E-state index is 12.8. The monoisotopic (exact) mass is 448 g/mol. The van der Waals surface area contributed by atoms with Crippen LogP contribution in [0, 0.1) is 0 Å². The maximum absolute atomic E-state index is 12.8. The summed E-state index contributed by atoms with van der Waals surface area (Å²) in [6.45, 7) is 0. The van der Waals surface area contributed by atoms with Crippen LogP contribution in [0.15, 0.2) is 48.5 Å². The van der Waals surface area contributed by atoms with Gasteiger partial charge in [-0.3, -0.25) is 4.79 Å². The average Bonchev–Trinajstić information content (AvgIpc) is 2.84. The molecule has 4 rings (SSSR count). The van der Waals surface area contributed by atoms with Gasteiger partial charge in [-0.15, -0.1) is 0 Å². The molecular formula is C26H32N4O3. The summed E-state index contributed by atoms with van der Waals surface area (Å²) >= 11 is 0. The van der Waals surface area contributed by atoms with Crippen LogP contribution in [0.2, 0.25) is 0 Å². The van der Waals surface area contributed by atoms with E-state index >= 15 is 0 Å². The number of fused-ring (bicyclic) bond motifs is 1. The number of carbonyl (C=O) groups is 1. The van der Waals surface area contributed by atoms with Crippen LogP contribution in [-0.4, -0.2) is 51.3 Å². The summed E-state index contributed by atoms with van der Waals surface area (Å²) in [5.41, 5.74) is 2.68. The van der Waals surface area contributed by atoms with Crippen LogP contribution in [0.5, 0.6) is 11.5 Å². The van der Waals surface area contributed by atoms with Crippen molar-refractivity contribution in [3.05, 3.63) is 54.1 Å². The minimum atomic E-state index is -0.101. The third-order valence-corrected chi connectivity index (χ3v) is 6.20. The summed E-state index contributed by atoms with van der Waals surface area (Å²) in [5, 5.41) is 7.94. The molecule has 0 spiro atoms. The van der Waals surface area contributed by atoms with E-state index < -0.39 is 0 Å². The normalized spacial score (nSPS) is 17.9. The van der Waals surface area contributed by atoms with Crippen LogP contribution >= 0.6 is 0 Å². The van der Waals surface area contributed by atoms with Gasteiger partial charge in [0.1, 0.15) is 17.3 Å². The lowest BCUT2D eigenvalue weighted by Crippen LogP contribution is -2.40. The van der Waals surface area contributed by atoms with E-state index in [-0.39, 0.29) is 11.9 Å². The van der Waals surface area contributed by atoms with Crippen molar-refractivity contribution in [1.82, 2.24) is 10.3 Å². The van der Waals surface area contributed by atoms with Gasteiger partial charge in [-0.05, 0) is 43.9 Å². The van der Waals surface area contributed by atoms with Crippen molar-refractivity contribution < 1.29 is 14.3 Å². The third kappa shape index (κ3) is 5.30. The molecule has 7 nitrogen and oxygen atoms in total. The molecule has 0 bridgehead atoms. The van der Waals surface area contributed by atoms with Crippen molar-refractivity contribution in [1.29, 1.82) is 0 Å². The molecule has 0 radical (unpaired) electrons. The number of nitrogens with zero attached hydrogens (tertiary/aromatic N) is 2. The first-order chi connectivity index (χ1) is 16.0. The number of rotatable bonds is 7. The third-order valence-electron chi connectivity index (χ3n) is 6.20. The van der Waals surface area contributed by atoms with Crippen molar-refractivity contribution in [2.75, 3.05) is 38.5 Å². The highest BCUT2D eigenvalue weighted by atomic mass is 16.5.